The Morgan fingerprint density at radius 2 is 0.690 bits per heavy atom. The van der Waals surface area contributed by atoms with E-state index in [0.717, 1.165) is 24.3 Å². The number of hydrogen-bond acceptors (Lipinski definition) is 12. The first-order valence-electron chi connectivity index (χ1n) is 12.1. The molecular formula is C30H18O12. The Kier molecular flexibility index (Phi) is 5.44. The minimum atomic E-state index is -1.02. The van der Waals surface area contributed by atoms with Crippen LogP contribution in [-0.2, 0) is 0 Å². The molecule has 4 aromatic rings. The highest BCUT2D eigenvalue weighted by atomic mass is 16.5. The zero-order chi connectivity index (χ0) is 30.4. The lowest BCUT2D eigenvalue weighted by atomic mass is 9.75. The first-order chi connectivity index (χ1) is 19.9. The van der Waals surface area contributed by atoms with Crippen molar-refractivity contribution in [3.8, 4) is 57.1 Å². The maximum atomic E-state index is 13.9. The smallest absolute Gasteiger partial charge is 0.202 e. The van der Waals surface area contributed by atoms with Crippen molar-refractivity contribution in [1.82, 2.24) is 0 Å². The van der Waals surface area contributed by atoms with Gasteiger partial charge in [0.05, 0.1) is 36.5 Å². The van der Waals surface area contributed by atoms with Crippen molar-refractivity contribution < 1.29 is 59.3 Å². The number of phenols is 6. The molecule has 0 aliphatic heterocycles. The average molecular weight is 570 g/mol. The number of carbonyl (C=O) groups is 4. The Balaban J connectivity index is 1.73. The average Bonchev–Trinajstić information content (AvgIpc) is 2.93. The fourth-order valence-corrected chi connectivity index (χ4v) is 5.52. The van der Waals surface area contributed by atoms with Crippen molar-refractivity contribution in [3.05, 3.63) is 80.9 Å². The lowest BCUT2D eigenvalue weighted by Crippen LogP contribution is -2.25. The summed E-state index contributed by atoms with van der Waals surface area (Å²) in [5, 5.41) is 64.5. The van der Waals surface area contributed by atoms with Crippen LogP contribution in [0.5, 0.6) is 46.0 Å². The van der Waals surface area contributed by atoms with Gasteiger partial charge in [-0.2, -0.15) is 0 Å². The molecule has 0 saturated heterocycles. The summed E-state index contributed by atoms with van der Waals surface area (Å²) in [6.45, 7) is 0. The van der Waals surface area contributed by atoms with E-state index in [1.807, 2.05) is 0 Å². The molecule has 0 radical (unpaired) electrons. The number of carbonyl (C=O) groups excluding carboxylic acids is 4. The Morgan fingerprint density at radius 1 is 0.381 bits per heavy atom. The minimum Gasteiger partial charge on any atom is -0.507 e. The van der Waals surface area contributed by atoms with Crippen molar-refractivity contribution in [2.75, 3.05) is 14.2 Å². The van der Waals surface area contributed by atoms with Crippen LogP contribution in [0.4, 0.5) is 0 Å². The van der Waals surface area contributed by atoms with E-state index in [2.05, 4.69) is 0 Å². The maximum absolute atomic E-state index is 13.9. The van der Waals surface area contributed by atoms with Gasteiger partial charge >= 0.3 is 0 Å². The van der Waals surface area contributed by atoms with Crippen LogP contribution in [0.25, 0.3) is 11.1 Å². The van der Waals surface area contributed by atoms with Gasteiger partial charge in [-0.15, -0.1) is 0 Å². The van der Waals surface area contributed by atoms with Gasteiger partial charge in [-0.25, -0.2) is 0 Å². The van der Waals surface area contributed by atoms with Crippen LogP contribution < -0.4 is 9.47 Å². The molecule has 12 nitrogen and oxygen atoms in total. The van der Waals surface area contributed by atoms with Gasteiger partial charge in [-0.1, -0.05) is 0 Å². The van der Waals surface area contributed by atoms with Crippen LogP contribution in [0, 0.1) is 0 Å². The molecule has 0 amide bonds. The monoisotopic (exact) mass is 570 g/mol. The summed E-state index contributed by atoms with van der Waals surface area (Å²) in [6, 6.07) is 5.86. The van der Waals surface area contributed by atoms with Gasteiger partial charge in [-0.3, -0.25) is 19.2 Å². The summed E-state index contributed by atoms with van der Waals surface area (Å²) in [6.07, 6.45) is 0. The standard InChI is InChI=1S/C30H18O12/c1-41-9-3-11-19(13(31)5-9)29(39)23-17(35)7-15(33)21(25(23)27(11)37)22-16(34)8-18(36)24-26(22)28(38)12-4-10(42-2)6-14(32)20(12)30(24)40/h3-8,31-36H,1-2H3. The number of hydrogen-bond donors (Lipinski definition) is 6. The fraction of sp³-hybridized carbons (Fsp3) is 0.0667. The number of benzene rings is 4. The number of rotatable bonds is 3. The molecule has 0 aromatic heterocycles. The zero-order valence-electron chi connectivity index (χ0n) is 21.6. The molecule has 210 valence electrons. The van der Waals surface area contributed by atoms with E-state index in [1.54, 1.807) is 0 Å². The highest BCUT2D eigenvalue weighted by Crippen LogP contribution is 2.52. The summed E-state index contributed by atoms with van der Waals surface area (Å²) in [7, 11) is 2.50. The van der Waals surface area contributed by atoms with E-state index in [0.29, 0.717) is 12.1 Å². The van der Waals surface area contributed by atoms with Gasteiger partial charge in [0, 0.05) is 57.6 Å². The van der Waals surface area contributed by atoms with E-state index >= 15 is 0 Å². The number of ketones is 4. The minimum absolute atomic E-state index is 0.00206. The molecule has 0 spiro atoms. The van der Waals surface area contributed by atoms with Crippen LogP contribution >= 0.6 is 0 Å². The molecule has 0 saturated carbocycles. The van der Waals surface area contributed by atoms with Gasteiger partial charge in [0.2, 0.25) is 11.6 Å². The molecule has 4 aromatic carbocycles. The maximum Gasteiger partial charge on any atom is 0.202 e. The summed E-state index contributed by atoms with van der Waals surface area (Å²) < 4.78 is 10.2. The van der Waals surface area contributed by atoms with E-state index in [1.165, 1.54) is 14.2 Å². The Bertz CT molecular complexity index is 1840. The lowest BCUT2D eigenvalue weighted by molar-refractivity contribution is 0.0972. The molecule has 0 unspecified atom stereocenters. The first kappa shape index (κ1) is 26.2. The molecule has 2 aliphatic carbocycles. The van der Waals surface area contributed by atoms with Gasteiger partial charge in [0.1, 0.15) is 46.0 Å². The van der Waals surface area contributed by atoms with Crippen LogP contribution in [0.15, 0.2) is 36.4 Å². The number of fused-ring (bicyclic) bond motifs is 4. The van der Waals surface area contributed by atoms with E-state index in [9.17, 15) is 49.8 Å². The third-order valence-electron chi connectivity index (χ3n) is 7.33. The predicted octanol–water partition coefficient (Wildman–Crippen LogP) is 3.16. The molecular weight excluding hydrogens is 552 g/mol. The third kappa shape index (κ3) is 3.29. The summed E-state index contributed by atoms with van der Waals surface area (Å²) in [5.74, 6) is -8.75. The molecule has 0 fully saturated rings. The van der Waals surface area contributed by atoms with Crippen LogP contribution in [0.2, 0.25) is 0 Å². The Labute approximate surface area is 234 Å². The van der Waals surface area contributed by atoms with E-state index in [4.69, 9.17) is 9.47 Å². The molecule has 0 heterocycles. The third-order valence-corrected chi connectivity index (χ3v) is 7.33. The van der Waals surface area contributed by atoms with E-state index < -0.39 is 102 Å². The summed E-state index contributed by atoms with van der Waals surface area (Å²) in [5.41, 5.74) is -5.50. The molecule has 42 heavy (non-hydrogen) atoms. The molecule has 12 heteroatoms. The van der Waals surface area contributed by atoms with Crippen LogP contribution in [0.3, 0.4) is 0 Å². The fourth-order valence-electron chi connectivity index (χ4n) is 5.52. The number of ether oxygens (including phenoxy) is 2. The molecule has 2 aliphatic rings. The number of phenolic OH excluding ortho intramolecular Hbond substituents is 6. The summed E-state index contributed by atoms with van der Waals surface area (Å²) >= 11 is 0. The summed E-state index contributed by atoms with van der Waals surface area (Å²) in [4.78, 5) is 54.9. The van der Waals surface area contributed by atoms with Gasteiger partial charge in [0.25, 0.3) is 0 Å². The largest absolute Gasteiger partial charge is 0.507 e. The van der Waals surface area contributed by atoms with Crippen molar-refractivity contribution in [1.29, 1.82) is 0 Å². The highest BCUT2D eigenvalue weighted by molar-refractivity contribution is 6.35. The Hall–Kier alpha value is -6.04. The molecule has 6 rings (SSSR count). The van der Waals surface area contributed by atoms with Crippen molar-refractivity contribution in [3.63, 3.8) is 0 Å². The second kappa shape index (κ2) is 8.73. The predicted molar refractivity (Wildman–Crippen MR) is 142 cm³/mol. The normalized spacial score (nSPS) is 13.3. The van der Waals surface area contributed by atoms with Crippen molar-refractivity contribution >= 4 is 23.1 Å². The quantitative estimate of drug-likeness (QED) is 0.181. The number of aromatic hydroxyl groups is 6. The molecule has 0 atom stereocenters. The topological polar surface area (TPSA) is 208 Å². The van der Waals surface area contributed by atoms with Gasteiger partial charge in [-0.05, 0) is 12.1 Å². The van der Waals surface area contributed by atoms with Gasteiger partial charge < -0.3 is 40.1 Å². The van der Waals surface area contributed by atoms with Crippen molar-refractivity contribution in [2.45, 2.75) is 0 Å². The SMILES string of the molecule is COc1cc(O)c2c(c1)C(=O)c1c(c(O)cc(O)c1-c1c(O)cc(O)c3c1C(=O)c1cc(OC)cc(O)c1C3=O)C2=O. The van der Waals surface area contributed by atoms with Gasteiger partial charge in [0.15, 0.2) is 11.6 Å². The lowest BCUT2D eigenvalue weighted by Gasteiger charge is -2.26. The zero-order valence-corrected chi connectivity index (χ0v) is 21.6. The highest BCUT2D eigenvalue weighted by Gasteiger charge is 2.43. The van der Waals surface area contributed by atoms with Crippen LogP contribution in [0.1, 0.15) is 63.7 Å². The molecule has 0 bridgehead atoms. The van der Waals surface area contributed by atoms with Crippen molar-refractivity contribution in [2.24, 2.45) is 0 Å². The number of methoxy groups -OCH3 is 2. The molecule has 6 N–H and O–H groups in total. The second-order valence-electron chi connectivity index (χ2n) is 9.53. The van der Waals surface area contributed by atoms with Crippen LogP contribution in [-0.4, -0.2) is 68.0 Å². The first-order valence-corrected chi connectivity index (χ1v) is 12.1. The van der Waals surface area contributed by atoms with E-state index in [-0.39, 0.29) is 22.6 Å². The Morgan fingerprint density at radius 3 is 1.02 bits per heavy atom. The second-order valence-corrected chi connectivity index (χ2v) is 9.53.